The van der Waals surface area contributed by atoms with Gasteiger partial charge in [-0.25, -0.2) is 4.98 Å². The molecule has 1 amide bonds. The van der Waals surface area contributed by atoms with E-state index in [4.69, 9.17) is 4.74 Å². The van der Waals surface area contributed by atoms with Crippen LogP contribution in [0, 0.1) is 5.92 Å². The van der Waals surface area contributed by atoms with Gasteiger partial charge in [-0.1, -0.05) is 6.08 Å². The fraction of sp³-hybridized carbons (Fsp3) is 0.556. The third-order valence-corrected chi connectivity index (χ3v) is 4.65. The number of hydrogen-bond donors (Lipinski definition) is 1. The van der Waals surface area contributed by atoms with Gasteiger partial charge in [-0.3, -0.25) is 9.69 Å². The second kappa shape index (κ2) is 8.26. The molecule has 0 aromatic carbocycles. The number of nitrogens with one attached hydrogen (secondary N) is 1. The predicted molar refractivity (Wildman–Crippen MR) is 94.3 cm³/mol. The first kappa shape index (κ1) is 16.9. The van der Waals surface area contributed by atoms with E-state index in [-0.39, 0.29) is 5.91 Å². The summed E-state index contributed by atoms with van der Waals surface area (Å²) in [6.45, 7) is 11.1. The zero-order valence-electron chi connectivity index (χ0n) is 14.1. The lowest BCUT2D eigenvalue weighted by Gasteiger charge is -2.36. The minimum absolute atomic E-state index is 0.113. The lowest BCUT2D eigenvalue weighted by molar-refractivity contribution is 0.0957. The van der Waals surface area contributed by atoms with Crippen LogP contribution in [-0.4, -0.2) is 68.3 Å². The number of nitrogens with zero attached hydrogens (tertiary/aromatic N) is 3. The fourth-order valence-electron chi connectivity index (χ4n) is 3.23. The summed E-state index contributed by atoms with van der Waals surface area (Å²) in [4.78, 5) is 21.1. The number of rotatable bonds is 6. The highest BCUT2D eigenvalue weighted by Gasteiger charge is 2.23. The Morgan fingerprint density at radius 1 is 1.38 bits per heavy atom. The first-order chi connectivity index (χ1) is 11.8. The van der Waals surface area contributed by atoms with Crippen molar-refractivity contribution in [2.24, 2.45) is 5.92 Å². The highest BCUT2D eigenvalue weighted by atomic mass is 16.5. The predicted octanol–water partition coefficient (Wildman–Crippen LogP) is 1.16. The highest BCUT2D eigenvalue weighted by molar-refractivity contribution is 5.94. The summed E-state index contributed by atoms with van der Waals surface area (Å²) in [6, 6.07) is 3.77. The molecule has 1 N–H and O–H groups in total. The standard InChI is InChI=1S/C18H26N4O2/c1-2-6-19-18(23)16-3-4-17(20-12-16)22-9-7-21(8-10-22)13-15-5-11-24-14-15/h2-4,12,15H,1,5-11,13-14H2,(H,19,23). The number of carbonyl (C=O) groups excluding carboxylic acids is 1. The Kier molecular flexibility index (Phi) is 5.82. The molecule has 6 nitrogen and oxygen atoms in total. The maximum atomic E-state index is 11.9. The summed E-state index contributed by atoms with van der Waals surface area (Å²) < 4.78 is 5.46. The smallest absolute Gasteiger partial charge is 0.253 e. The first-order valence-corrected chi connectivity index (χ1v) is 8.66. The van der Waals surface area contributed by atoms with Crippen LogP contribution in [0.15, 0.2) is 31.0 Å². The first-order valence-electron chi connectivity index (χ1n) is 8.66. The van der Waals surface area contributed by atoms with Crippen LogP contribution in [0.5, 0.6) is 0 Å². The summed E-state index contributed by atoms with van der Waals surface area (Å²) in [5, 5.41) is 2.76. The second-order valence-corrected chi connectivity index (χ2v) is 6.42. The number of anilines is 1. The van der Waals surface area contributed by atoms with Crippen LogP contribution in [-0.2, 0) is 4.74 Å². The van der Waals surface area contributed by atoms with E-state index in [0.29, 0.717) is 18.0 Å². The summed E-state index contributed by atoms with van der Waals surface area (Å²) >= 11 is 0. The lowest BCUT2D eigenvalue weighted by atomic mass is 10.1. The normalized spacial score (nSPS) is 21.7. The van der Waals surface area contributed by atoms with E-state index in [1.807, 2.05) is 12.1 Å². The van der Waals surface area contributed by atoms with Gasteiger partial charge in [-0.2, -0.15) is 0 Å². The van der Waals surface area contributed by atoms with Crippen molar-refractivity contribution in [2.45, 2.75) is 6.42 Å². The van der Waals surface area contributed by atoms with E-state index >= 15 is 0 Å². The van der Waals surface area contributed by atoms with Gasteiger partial charge in [0.1, 0.15) is 5.82 Å². The summed E-state index contributed by atoms with van der Waals surface area (Å²) in [5.74, 6) is 1.53. The SMILES string of the molecule is C=CCNC(=O)c1ccc(N2CCN(CC3CCOC3)CC2)nc1. The van der Waals surface area contributed by atoms with Crippen LogP contribution in [0.4, 0.5) is 5.82 Å². The average molecular weight is 330 g/mol. The Hall–Kier alpha value is -1.92. The molecule has 0 radical (unpaired) electrons. The third-order valence-electron chi connectivity index (χ3n) is 4.65. The van der Waals surface area contributed by atoms with Crippen molar-refractivity contribution in [1.29, 1.82) is 0 Å². The van der Waals surface area contributed by atoms with Crippen molar-refractivity contribution in [1.82, 2.24) is 15.2 Å². The molecular formula is C18H26N4O2. The van der Waals surface area contributed by atoms with Crippen LogP contribution in [0.1, 0.15) is 16.8 Å². The van der Waals surface area contributed by atoms with Crippen molar-refractivity contribution >= 4 is 11.7 Å². The Morgan fingerprint density at radius 2 is 2.21 bits per heavy atom. The minimum Gasteiger partial charge on any atom is -0.381 e. The Morgan fingerprint density at radius 3 is 2.83 bits per heavy atom. The second-order valence-electron chi connectivity index (χ2n) is 6.42. The molecule has 0 aliphatic carbocycles. The van der Waals surface area contributed by atoms with E-state index < -0.39 is 0 Å². The van der Waals surface area contributed by atoms with Gasteiger partial charge in [-0.15, -0.1) is 6.58 Å². The monoisotopic (exact) mass is 330 g/mol. The molecule has 1 atom stereocenters. The number of aromatic nitrogens is 1. The molecule has 130 valence electrons. The lowest BCUT2D eigenvalue weighted by Crippen LogP contribution is -2.48. The van der Waals surface area contributed by atoms with Crippen molar-refractivity contribution in [2.75, 3.05) is 57.4 Å². The largest absolute Gasteiger partial charge is 0.381 e. The van der Waals surface area contributed by atoms with Gasteiger partial charge in [0.2, 0.25) is 0 Å². The van der Waals surface area contributed by atoms with Gasteiger partial charge in [0.05, 0.1) is 12.2 Å². The zero-order chi connectivity index (χ0) is 16.8. The molecular weight excluding hydrogens is 304 g/mol. The molecule has 1 unspecified atom stereocenters. The summed E-state index contributed by atoms with van der Waals surface area (Å²) in [5.41, 5.74) is 0.584. The molecule has 1 aromatic rings. The van der Waals surface area contributed by atoms with Gasteiger partial charge in [0.15, 0.2) is 0 Å². The maximum absolute atomic E-state index is 11.9. The van der Waals surface area contributed by atoms with E-state index in [1.54, 1.807) is 12.3 Å². The number of amides is 1. The van der Waals surface area contributed by atoms with Gasteiger partial charge < -0.3 is 15.0 Å². The van der Waals surface area contributed by atoms with Gasteiger partial charge in [0, 0.05) is 52.1 Å². The Bertz CT molecular complexity index is 547. The minimum atomic E-state index is -0.113. The average Bonchev–Trinajstić information content (AvgIpc) is 3.13. The number of carbonyl (C=O) groups is 1. The van der Waals surface area contributed by atoms with Gasteiger partial charge in [0.25, 0.3) is 5.91 Å². The van der Waals surface area contributed by atoms with E-state index in [2.05, 4.69) is 26.7 Å². The van der Waals surface area contributed by atoms with Gasteiger partial charge >= 0.3 is 0 Å². The van der Waals surface area contributed by atoms with Crippen LogP contribution in [0.3, 0.4) is 0 Å². The molecule has 3 heterocycles. The van der Waals surface area contributed by atoms with Crippen molar-refractivity contribution in [3.8, 4) is 0 Å². The molecule has 0 bridgehead atoms. The van der Waals surface area contributed by atoms with Crippen LogP contribution in [0.2, 0.25) is 0 Å². The molecule has 2 fully saturated rings. The van der Waals surface area contributed by atoms with Crippen molar-refractivity contribution < 1.29 is 9.53 Å². The van der Waals surface area contributed by atoms with Crippen LogP contribution >= 0.6 is 0 Å². The molecule has 2 aliphatic rings. The Labute approximate surface area is 143 Å². The van der Waals surface area contributed by atoms with Crippen LogP contribution in [0.25, 0.3) is 0 Å². The number of hydrogen-bond acceptors (Lipinski definition) is 5. The molecule has 1 aromatic heterocycles. The Balaban J connectivity index is 1.48. The molecule has 6 heteroatoms. The molecule has 0 saturated carbocycles. The molecule has 24 heavy (non-hydrogen) atoms. The summed E-state index contributed by atoms with van der Waals surface area (Å²) in [7, 11) is 0. The van der Waals surface area contributed by atoms with Crippen LogP contribution < -0.4 is 10.2 Å². The highest BCUT2D eigenvalue weighted by Crippen LogP contribution is 2.18. The molecule has 0 spiro atoms. The molecule has 2 aliphatic heterocycles. The van der Waals surface area contributed by atoms with E-state index in [1.165, 1.54) is 6.42 Å². The number of ether oxygens (including phenoxy) is 1. The summed E-state index contributed by atoms with van der Waals surface area (Å²) in [6.07, 6.45) is 4.50. The number of piperazine rings is 1. The molecule has 2 saturated heterocycles. The quantitative estimate of drug-likeness (QED) is 0.793. The molecule has 3 rings (SSSR count). The van der Waals surface area contributed by atoms with Crippen molar-refractivity contribution in [3.63, 3.8) is 0 Å². The third kappa shape index (κ3) is 4.33. The zero-order valence-corrected chi connectivity index (χ0v) is 14.1. The maximum Gasteiger partial charge on any atom is 0.253 e. The van der Waals surface area contributed by atoms with Gasteiger partial charge in [-0.05, 0) is 24.5 Å². The van der Waals surface area contributed by atoms with E-state index in [0.717, 1.165) is 51.8 Å². The van der Waals surface area contributed by atoms with E-state index in [9.17, 15) is 4.79 Å². The number of pyridine rings is 1. The van der Waals surface area contributed by atoms with Crippen molar-refractivity contribution in [3.05, 3.63) is 36.5 Å². The topological polar surface area (TPSA) is 57.7 Å². The fourth-order valence-corrected chi connectivity index (χ4v) is 3.23.